The molecule has 1 fully saturated rings. The molecule has 0 radical (unpaired) electrons. The Morgan fingerprint density at radius 3 is 2.82 bits per heavy atom. The molecular weight excluding hydrogens is 272 g/mol. The van der Waals surface area contributed by atoms with Crippen LogP contribution < -0.4 is 5.32 Å². The van der Waals surface area contributed by atoms with E-state index < -0.39 is 0 Å². The number of hydrogen-bond acceptors (Lipinski definition) is 4. The Labute approximate surface area is 114 Å². The summed E-state index contributed by atoms with van der Waals surface area (Å²) in [7, 11) is 0. The number of aromatic nitrogens is 1. The molecule has 0 saturated heterocycles. The Morgan fingerprint density at radius 1 is 1.65 bits per heavy atom. The van der Waals surface area contributed by atoms with Gasteiger partial charge in [0.25, 0.3) is 0 Å². The van der Waals surface area contributed by atoms with Gasteiger partial charge < -0.3 is 10.3 Å². The summed E-state index contributed by atoms with van der Waals surface area (Å²) in [6, 6.07) is 0. The van der Waals surface area contributed by atoms with Crippen molar-refractivity contribution in [1.29, 1.82) is 0 Å². The first kappa shape index (κ1) is 13.1. The van der Waals surface area contributed by atoms with Crippen LogP contribution in [0.2, 0.25) is 0 Å². The zero-order valence-electron chi connectivity index (χ0n) is 9.96. The van der Waals surface area contributed by atoms with Gasteiger partial charge in [-0.2, -0.15) is 11.8 Å². The van der Waals surface area contributed by atoms with Crippen molar-refractivity contribution in [2.45, 2.75) is 30.9 Å². The number of hydrogen-bond donors (Lipinski definition) is 2. The summed E-state index contributed by atoms with van der Waals surface area (Å²) < 4.78 is 1.07. The van der Waals surface area contributed by atoms with Gasteiger partial charge in [0.1, 0.15) is 0 Å². The largest absolute Gasteiger partial charge is 0.354 e. The summed E-state index contributed by atoms with van der Waals surface area (Å²) in [5.74, 6) is 0.0960. The van der Waals surface area contributed by atoms with E-state index >= 15 is 0 Å². The molecule has 1 amide bonds. The minimum Gasteiger partial charge on any atom is -0.354 e. The first-order chi connectivity index (χ1) is 8.04. The fourth-order valence-corrected chi connectivity index (χ4v) is 3.68. The van der Waals surface area contributed by atoms with Crippen molar-refractivity contribution in [2.75, 3.05) is 12.8 Å². The lowest BCUT2D eigenvalue weighted by Crippen LogP contribution is -2.32. The third kappa shape index (κ3) is 3.33. The van der Waals surface area contributed by atoms with Gasteiger partial charge in [-0.25, -0.2) is 0 Å². The average molecular weight is 288 g/mol. The van der Waals surface area contributed by atoms with Crippen LogP contribution in [0.4, 0.5) is 0 Å². The van der Waals surface area contributed by atoms with Gasteiger partial charge in [0.05, 0.1) is 6.42 Å². The minimum absolute atomic E-state index is 0.0960. The fraction of sp³-hybridized carbons (Fsp3) is 0.636. The predicted molar refractivity (Wildman–Crippen MR) is 76.4 cm³/mol. The van der Waals surface area contributed by atoms with E-state index in [1.165, 1.54) is 24.2 Å². The van der Waals surface area contributed by atoms with Gasteiger partial charge in [0.15, 0.2) is 3.95 Å². The van der Waals surface area contributed by atoms with E-state index in [4.69, 9.17) is 12.2 Å². The lowest BCUT2D eigenvalue weighted by atomic mass is 10.3. The molecule has 1 aliphatic carbocycles. The molecule has 1 aromatic heterocycles. The zero-order chi connectivity index (χ0) is 12.5. The van der Waals surface area contributed by atoms with Crippen molar-refractivity contribution < 1.29 is 4.79 Å². The number of carbonyl (C=O) groups excluding carboxylic acids is 1. The molecule has 0 atom stereocenters. The van der Waals surface area contributed by atoms with Crippen molar-refractivity contribution in [3.63, 3.8) is 0 Å². The van der Waals surface area contributed by atoms with Gasteiger partial charge in [-0.3, -0.25) is 4.79 Å². The fourth-order valence-electron chi connectivity index (χ4n) is 1.67. The van der Waals surface area contributed by atoms with E-state index in [-0.39, 0.29) is 5.91 Å². The van der Waals surface area contributed by atoms with Crippen molar-refractivity contribution in [3.8, 4) is 0 Å². The number of carbonyl (C=O) groups is 1. The minimum atomic E-state index is 0.0960. The highest BCUT2D eigenvalue weighted by Crippen LogP contribution is 2.46. The molecule has 94 valence electrons. The molecule has 2 N–H and O–H groups in total. The Morgan fingerprint density at radius 2 is 2.35 bits per heavy atom. The van der Waals surface area contributed by atoms with Crippen LogP contribution in [0.15, 0.2) is 0 Å². The van der Waals surface area contributed by atoms with Gasteiger partial charge in [-0.05, 0) is 38.2 Å². The molecule has 0 aliphatic heterocycles. The Bertz CT molecular complexity index is 473. The molecule has 1 saturated carbocycles. The molecule has 6 heteroatoms. The smallest absolute Gasteiger partial charge is 0.225 e. The molecule has 1 aromatic rings. The van der Waals surface area contributed by atoms with Crippen LogP contribution in [0.3, 0.4) is 0 Å². The van der Waals surface area contributed by atoms with Crippen LogP contribution >= 0.6 is 35.3 Å². The van der Waals surface area contributed by atoms with E-state index in [0.29, 0.717) is 11.2 Å². The first-order valence-corrected chi connectivity index (χ1v) is 8.00. The average Bonchev–Trinajstić information content (AvgIpc) is 2.99. The van der Waals surface area contributed by atoms with Crippen molar-refractivity contribution in [2.24, 2.45) is 0 Å². The van der Waals surface area contributed by atoms with Gasteiger partial charge >= 0.3 is 0 Å². The standard InChI is InChI=1S/C11H16N2OS3/c1-7-8(17-10(15)13-7)5-9(14)12-6-11(16-2)3-4-11/h3-6H2,1-2H3,(H,12,14)(H,13,15). The molecule has 0 aromatic carbocycles. The number of rotatable bonds is 5. The lowest BCUT2D eigenvalue weighted by molar-refractivity contribution is -0.120. The zero-order valence-corrected chi connectivity index (χ0v) is 12.4. The van der Waals surface area contributed by atoms with Crippen molar-refractivity contribution in [1.82, 2.24) is 10.3 Å². The Hall–Kier alpha value is -0.330. The Kier molecular flexibility index (Phi) is 3.95. The van der Waals surface area contributed by atoms with Crippen LogP contribution in [-0.4, -0.2) is 28.4 Å². The van der Waals surface area contributed by atoms with Crippen LogP contribution in [0, 0.1) is 10.9 Å². The molecule has 17 heavy (non-hydrogen) atoms. The van der Waals surface area contributed by atoms with E-state index in [1.54, 1.807) is 0 Å². The van der Waals surface area contributed by atoms with E-state index in [0.717, 1.165) is 21.1 Å². The SMILES string of the molecule is CSC1(CNC(=O)Cc2sc(=S)[nH]c2C)CC1. The van der Waals surface area contributed by atoms with Crippen LogP contribution in [0.1, 0.15) is 23.4 Å². The number of thiazole rings is 1. The maximum Gasteiger partial charge on any atom is 0.225 e. The van der Waals surface area contributed by atoms with Gasteiger partial charge in [-0.1, -0.05) is 0 Å². The molecule has 0 bridgehead atoms. The third-order valence-corrected chi connectivity index (χ3v) is 5.85. The number of aromatic amines is 1. The quantitative estimate of drug-likeness (QED) is 0.819. The molecule has 2 rings (SSSR count). The molecular formula is C11H16N2OS3. The summed E-state index contributed by atoms with van der Waals surface area (Å²) >= 11 is 8.40. The number of thioether (sulfide) groups is 1. The predicted octanol–water partition coefficient (Wildman–Crippen LogP) is 2.67. The summed E-state index contributed by atoms with van der Waals surface area (Å²) in [6.45, 7) is 2.75. The highest BCUT2D eigenvalue weighted by atomic mass is 32.2. The van der Waals surface area contributed by atoms with Crippen LogP contribution in [0.5, 0.6) is 0 Å². The monoisotopic (exact) mass is 288 g/mol. The third-order valence-electron chi connectivity index (χ3n) is 3.09. The van der Waals surface area contributed by atoms with Crippen molar-refractivity contribution in [3.05, 3.63) is 14.5 Å². The summed E-state index contributed by atoms with van der Waals surface area (Å²) in [6.07, 6.45) is 4.99. The topological polar surface area (TPSA) is 44.9 Å². The normalized spacial score (nSPS) is 16.8. The van der Waals surface area contributed by atoms with E-state index in [1.807, 2.05) is 18.7 Å². The number of aryl methyl sites for hydroxylation is 1. The highest BCUT2D eigenvalue weighted by molar-refractivity contribution is 8.00. The van der Waals surface area contributed by atoms with Gasteiger partial charge in [-0.15, -0.1) is 11.3 Å². The lowest BCUT2D eigenvalue weighted by Gasteiger charge is -2.12. The van der Waals surface area contributed by atoms with E-state index in [9.17, 15) is 4.79 Å². The summed E-state index contributed by atoms with van der Waals surface area (Å²) in [5, 5.41) is 3.02. The highest BCUT2D eigenvalue weighted by Gasteiger charge is 2.41. The second kappa shape index (κ2) is 5.12. The molecule has 1 aliphatic rings. The summed E-state index contributed by atoms with van der Waals surface area (Å²) in [5.41, 5.74) is 1.01. The maximum atomic E-state index is 11.8. The number of H-pyrrole nitrogens is 1. The van der Waals surface area contributed by atoms with Crippen LogP contribution in [0.25, 0.3) is 0 Å². The molecule has 0 unspecified atom stereocenters. The Balaban J connectivity index is 1.85. The second-order valence-corrected chi connectivity index (χ2v) is 7.45. The maximum absolute atomic E-state index is 11.8. The first-order valence-electron chi connectivity index (χ1n) is 5.55. The van der Waals surface area contributed by atoms with Gasteiger partial charge in [0.2, 0.25) is 5.91 Å². The van der Waals surface area contributed by atoms with Crippen molar-refractivity contribution >= 4 is 41.2 Å². The van der Waals surface area contributed by atoms with Crippen LogP contribution in [-0.2, 0) is 11.2 Å². The molecule has 3 nitrogen and oxygen atoms in total. The second-order valence-electron chi connectivity index (χ2n) is 4.40. The summed E-state index contributed by atoms with van der Waals surface area (Å²) in [4.78, 5) is 15.9. The number of amides is 1. The van der Waals surface area contributed by atoms with E-state index in [2.05, 4.69) is 16.6 Å². The molecule has 0 spiro atoms. The number of nitrogens with one attached hydrogen (secondary N) is 2. The molecule has 1 heterocycles. The van der Waals surface area contributed by atoms with Gasteiger partial charge in [0, 0.05) is 21.9 Å².